The van der Waals surface area contributed by atoms with Crippen LogP contribution >= 0.6 is 11.3 Å². The predicted octanol–water partition coefficient (Wildman–Crippen LogP) is 2.06. The molecule has 0 aliphatic carbocycles. The largest absolute Gasteiger partial charge is 0.336 e. The van der Waals surface area contributed by atoms with Crippen LogP contribution in [0.2, 0.25) is 0 Å². The van der Waals surface area contributed by atoms with Crippen LogP contribution in [-0.2, 0) is 13.6 Å². The summed E-state index contributed by atoms with van der Waals surface area (Å²) in [7, 11) is 1.89. The number of hydrogen-bond donors (Lipinski definition) is 0. The van der Waals surface area contributed by atoms with Gasteiger partial charge in [0.2, 0.25) is 0 Å². The molecule has 0 bridgehead atoms. The molecule has 2 aromatic heterocycles. The maximum atomic E-state index is 12.7. The van der Waals surface area contributed by atoms with E-state index < -0.39 is 0 Å². The third-order valence-corrected chi connectivity index (χ3v) is 5.10. The SMILES string of the molecule is Cc1nn(C)c(C)c1C(=O)N1CCN(Cc2ccsc2)CC1. The van der Waals surface area contributed by atoms with Gasteiger partial charge in [-0.3, -0.25) is 14.4 Å². The summed E-state index contributed by atoms with van der Waals surface area (Å²) in [6.45, 7) is 8.29. The van der Waals surface area contributed by atoms with E-state index in [1.807, 2.05) is 25.8 Å². The van der Waals surface area contributed by atoms with Crippen molar-refractivity contribution in [3.63, 3.8) is 0 Å². The Morgan fingerprint density at radius 2 is 2.00 bits per heavy atom. The van der Waals surface area contributed by atoms with E-state index in [1.54, 1.807) is 16.0 Å². The van der Waals surface area contributed by atoms with Crippen LogP contribution in [-0.4, -0.2) is 51.7 Å². The van der Waals surface area contributed by atoms with E-state index in [1.165, 1.54) is 5.56 Å². The van der Waals surface area contributed by atoms with Crippen molar-refractivity contribution in [3.8, 4) is 0 Å². The maximum absolute atomic E-state index is 12.7. The quantitative estimate of drug-likeness (QED) is 0.870. The number of nitrogens with zero attached hydrogens (tertiary/aromatic N) is 4. The number of carbonyl (C=O) groups excluding carboxylic acids is 1. The molecule has 0 unspecified atom stereocenters. The number of hydrogen-bond acceptors (Lipinski definition) is 4. The van der Waals surface area contributed by atoms with Crippen LogP contribution in [0.4, 0.5) is 0 Å². The first-order valence-electron chi connectivity index (χ1n) is 7.59. The molecule has 0 N–H and O–H groups in total. The average Bonchev–Trinajstić information content (AvgIpc) is 3.08. The Hall–Kier alpha value is -1.66. The van der Waals surface area contributed by atoms with Gasteiger partial charge in [0, 0.05) is 45.5 Å². The van der Waals surface area contributed by atoms with Crippen LogP contribution in [0.1, 0.15) is 27.3 Å². The molecule has 1 fully saturated rings. The summed E-state index contributed by atoms with van der Waals surface area (Å²) >= 11 is 1.74. The van der Waals surface area contributed by atoms with Crippen LogP contribution in [0.25, 0.3) is 0 Å². The minimum absolute atomic E-state index is 0.123. The van der Waals surface area contributed by atoms with Gasteiger partial charge in [0.25, 0.3) is 5.91 Å². The summed E-state index contributed by atoms with van der Waals surface area (Å²) in [6, 6.07) is 2.17. The molecule has 1 aliphatic heterocycles. The molecular weight excluding hydrogens is 296 g/mol. The molecule has 118 valence electrons. The van der Waals surface area contributed by atoms with Gasteiger partial charge in [0.05, 0.1) is 11.3 Å². The Labute approximate surface area is 135 Å². The van der Waals surface area contributed by atoms with Crippen LogP contribution in [0.3, 0.4) is 0 Å². The van der Waals surface area contributed by atoms with Gasteiger partial charge in [-0.1, -0.05) is 0 Å². The van der Waals surface area contributed by atoms with E-state index in [0.29, 0.717) is 0 Å². The summed E-state index contributed by atoms with van der Waals surface area (Å²) in [5.41, 5.74) is 3.91. The molecule has 0 atom stereocenters. The second kappa shape index (κ2) is 6.22. The Bertz CT molecular complexity index is 654. The zero-order chi connectivity index (χ0) is 15.7. The second-order valence-electron chi connectivity index (χ2n) is 5.87. The van der Waals surface area contributed by atoms with Gasteiger partial charge >= 0.3 is 0 Å². The minimum atomic E-state index is 0.123. The van der Waals surface area contributed by atoms with Crippen molar-refractivity contribution in [2.45, 2.75) is 20.4 Å². The third kappa shape index (κ3) is 2.94. The van der Waals surface area contributed by atoms with Crippen LogP contribution < -0.4 is 0 Å². The molecule has 22 heavy (non-hydrogen) atoms. The number of rotatable bonds is 3. The van der Waals surface area contributed by atoms with Gasteiger partial charge in [0.1, 0.15) is 0 Å². The number of amides is 1. The van der Waals surface area contributed by atoms with Gasteiger partial charge in [-0.15, -0.1) is 0 Å². The first-order valence-corrected chi connectivity index (χ1v) is 8.53. The van der Waals surface area contributed by atoms with E-state index in [-0.39, 0.29) is 5.91 Å². The molecule has 6 heteroatoms. The van der Waals surface area contributed by atoms with E-state index in [2.05, 4.69) is 26.8 Å². The van der Waals surface area contributed by atoms with Crippen LogP contribution in [0.5, 0.6) is 0 Å². The Morgan fingerprint density at radius 3 is 2.55 bits per heavy atom. The van der Waals surface area contributed by atoms with E-state index in [0.717, 1.165) is 49.7 Å². The van der Waals surface area contributed by atoms with Gasteiger partial charge in [-0.2, -0.15) is 16.4 Å². The molecule has 1 saturated heterocycles. The number of aromatic nitrogens is 2. The zero-order valence-corrected chi connectivity index (χ0v) is 14.2. The van der Waals surface area contributed by atoms with E-state index >= 15 is 0 Å². The highest BCUT2D eigenvalue weighted by molar-refractivity contribution is 7.07. The molecule has 0 spiro atoms. The van der Waals surface area contributed by atoms with E-state index in [4.69, 9.17) is 0 Å². The maximum Gasteiger partial charge on any atom is 0.257 e. The molecule has 3 rings (SSSR count). The Morgan fingerprint density at radius 1 is 1.27 bits per heavy atom. The number of piperazine rings is 1. The second-order valence-corrected chi connectivity index (χ2v) is 6.65. The predicted molar refractivity (Wildman–Crippen MR) is 88.2 cm³/mol. The molecule has 1 amide bonds. The van der Waals surface area contributed by atoms with Crippen molar-refractivity contribution in [1.82, 2.24) is 19.6 Å². The standard InChI is InChI=1S/C16H22N4OS/c1-12-15(13(2)18(3)17-12)16(21)20-7-5-19(6-8-20)10-14-4-9-22-11-14/h4,9,11H,5-8,10H2,1-3H3. The summed E-state index contributed by atoms with van der Waals surface area (Å²) in [5.74, 6) is 0.123. The fraction of sp³-hybridized carbons (Fsp3) is 0.500. The zero-order valence-electron chi connectivity index (χ0n) is 13.4. The number of carbonyl (C=O) groups is 1. The van der Waals surface area contributed by atoms with Crippen molar-refractivity contribution < 1.29 is 4.79 Å². The first-order chi connectivity index (χ1) is 10.6. The number of aryl methyl sites for hydroxylation is 2. The van der Waals surface area contributed by atoms with Gasteiger partial charge in [-0.25, -0.2) is 0 Å². The van der Waals surface area contributed by atoms with Crippen molar-refractivity contribution in [3.05, 3.63) is 39.3 Å². The molecule has 2 aromatic rings. The first kappa shape index (κ1) is 15.2. The lowest BCUT2D eigenvalue weighted by atomic mass is 10.1. The summed E-state index contributed by atoms with van der Waals surface area (Å²) in [5, 5.41) is 8.66. The van der Waals surface area contributed by atoms with Gasteiger partial charge in [-0.05, 0) is 36.2 Å². The minimum Gasteiger partial charge on any atom is -0.336 e. The fourth-order valence-corrected chi connectivity index (χ4v) is 3.65. The van der Waals surface area contributed by atoms with Gasteiger partial charge in [0.15, 0.2) is 0 Å². The van der Waals surface area contributed by atoms with Gasteiger partial charge < -0.3 is 4.90 Å². The molecule has 1 aliphatic rings. The molecule has 3 heterocycles. The fourth-order valence-electron chi connectivity index (χ4n) is 2.99. The molecule has 0 aromatic carbocycles. The van der Waals surface area contributed by atoms with Crippen molar-refractivity contribution >= 4 is 17.2 Å². The van der Waals surface area contributed by atoms with Crippen molar-refractivity contribution in [2.75, 3.05) is 26.2 Å². The summed E-state index contributed by atoms with van der Waals surface area (Å²) in [6.07, 6.45) is 0. The Kier molecular flexibility index (Phi) is 4.31. The smallest absolute Gasteiger partial charge is 0.257 e. The lowest BCUT2D eigenvalue weighted by molar-refractivity contribution is 0.0627. The van der Waals surface area contributed by atoms with Crippen LogP contribution in [0, 0.1) is 13.8 Å². The molecule has 5 nitrogen and oxygen atoms in total. The summed E-state index contributed by atoms with van der Waals surface area (Å²) in [4.78, 5) is 17.1. The lowest BCUT2D eigenvalue weighted by Gasteiger charge is -2.34. The monoisotopic (exact) mass is 318 g/mol. The number of thiophene rings is 1. The molecule has 0 saturated carbocycles. The Balaban J connectivity index is 1.62. The highest BCUT2D eigenvalue weighted by atomic mass is 32.1. The van der Waals surface area contributed by atoms with E-state index in [9.17, 15) is 4.79 Å². The van der Waals surface area contributed by atoms with Crippen molar-refractivity contribution in [2.24, 2.45) is 7.05 Å². The highest BCUT2D eigenvalue weighted by Gasteiger charge is 2.26. The lowest BCUT2D eigenvalue weighted by Crippen LogP contribution is -2.48. The summed E-state index contributed by atoms with van der Waals surface area (Å²) < 4.78 is 1.79. The molecular formula is C16H22N4OS. The third-order valence-electron chi connectivity index (χ3n) is 4.37. The topological polar surface area (TPSA) is 41.4 Å². The normalized spacial score (nSPS) is 16.2. The average molecular weight is 318 g/mol. The highest BCUT2D eigenvalue weighted by Crippen LogP contribution is 2.17. The van der Waals surface area contributed by atoms with Crippen molar-refractivity contribution in [1.29, 1.82) is 0 Å². The molecule has 0 radical (unpaired) electrons. The van der Waals surface area contributed by atoms with Crippen LogP contribution in [0.15, 0.2) is 16.8 Å².